The summed E-state index contributed by atoms with van der Waals surface area (Å²) >= 11 is 0. The number of furan rings is 1. The molecule has 0 spiro atoms. The van der Waals surface area contributed by atoms with E-state index >= 15 is 0 Å². The Labute approximate surface area is 307 Å². The maximum Gasteiger partial charge on any atom is 0.161 e. The molecule has 10 aromatic rings. The fourth-order valence-corrected chi connectivity index (χ4v) is 7.59. The van der Waals surface area contributed by atoms with Gasteiger partial charge in [-0.15, -0.1) is 0 Å². The normalized spacial score (nSPS) is 11.4. The molecule has 3 nitrogen and oxygen atoms in total. The molecule has 248 valence electrons. The minimum Gasteiger partial charge on any atom is -0.456 e. The Balaban J connectivity index is 1.23. The lowest BCUT2D eigenvalue weighted by Crippen LogP contribution is -1.98. The Morgan fingerprint density at radius 1 is 0.321 bits per heavy atom. The number of nitrogens with zero attached hydrogens (tertiary/aromatic N) is 2. The Hall–Kier alpha value is -7.10. The van der Waals surface area contributed by atoms with Crippen LogP contribution in [0.5, 0.6) is 0 Å². The van der Waals surface area contributed by atoms with Crippen LogP contribution in [0.1, 0.15) is 0 Å². The Bertz CT molecular complexity index is 2940. The van der Waals surface area contributed by atoms with Crippen molar-refractivity contribution in [3.63, 3.8) is 0 Å². The van der Waals surface area contributed by atoms with Crippen molar-refractivity contribution in [2.24, 2.45) is 0 Å². The first-order chi connectivity index (χ1) is 26.3. The van der Waals surface area contributed by atoms with E-state index in [-0.39, 0.29) is 0 Å². The van der Waals surface area contributed by atoms with Gasteiger partial charge >= 0.3 is 0 Å². The number of rotatable bonds is 6. The van der Waals surface area contributed by atoms with Gasteiger partial charge in [-0.25, -0.2) is 9.97 Å². The topological polar surface area (TPSA) is 38.9 Å². The molecule has 0 aliphatic rings. The van der Waals surface area contributed by atoms with E-state index in [2.05, 4.69) is 176 Å². The second-order valence-corrected chi connectivity index (χ2v) is 13.3. The van der Waals surface area contributed by atoms with E-state index in [4.69, 9.17) is 14.4 Å². The van der Waals surface area contributed by atoms with Crippen molar-refractivity contribution >= 4 is 32.7 Å². The first-order valence-electron chi connectivity index (χ1n) is 17.9. The van der Waals surface area contributed by atoms with Crippen molar-refractivity contribution in [3.05, 3.63) is 194 Å². The molecule has 0 saturated carbocycles. The smallest absolute Gasteiger partial charge is 0.161 e. The number of fused-ring (bicyclic) bond motifs is 4. The molecule has 0 N–H and O–H groups in total. The summed E-state index contributed by atoms with van der Waals surface area (Å²) in [6, 6.07) is 68.0. The van der Waals surface area contributed by atoms with E-state index in [0.717, 1.165) is 83.4 Å². The van der Waals surface area contributed by atoms with Crippen LogP contribution in [-0.2, 0) is 0 Å². The highest BCUT2D eigenvalue weighted by Crippen LogP contribution is 2.41. The van der Waals surface area contributed by atoms with Gasteiger partial charge in [-0.1, -0.05) is 158 Å². The molecule has 53 heavy (non-hydrogen) atoms. The third kappa shape index (κ3) is 5.56. The third-order valence-electron chi connectivity index (χ3n) is 10.1. The standard InChI is InChI=1S/C50H32N2O/c1-3-15-33(16-4-1)36-29-37(40-25-14-28-48-49(40)44-24-11-12-27-47(44)53-48)31-38(30-36)46-32-45(35-18-5-2-6-19-35)51-50(52-46)43-23-10-9-22-42(43)41-26-13-20-34-17-7-8-21-39(34)41/h1-32H. The zero-order chi connectivity index (χ0) is 35.1. The maximum absolute atomic E-state index is 6.33. The number of hydrogen-bond donors (Lipinski definition) is 0. The number of hydrogen-bond acceptors (Lipinski definition) is 3. The predicted molar refractivity (Wildman–Crippen MR) is 219 cm³/mol. The predicted octanol–water partition coefficient (Wildman–Crippen LogP) is 13.5. The molecule has 3 heteroatoms. The van der Waals surface area contributed by atoms with Crippen molar-refractivity contribution in [1.82, 2.24) is 9.97 Å². The highest BCUT2D eigenvalue weighted by Gasteiger charge is 2.18. The molecule has 8 aromatic carbocycles. The Morgan fingerprint density at radius 2 is 0.868 bits per heavy atom. The van der Waals surface area contributed by atoms with Crippen LogP contribution in [0.2, 0.25) is 0 Å². The number of benzene rings is 8. The number of para-hydroxylation sites is 1. The third-order valence-corrected chi connectivity index (χ3v) is 10.1. The zero-order valence-corrected chi connectivity index (χ0v) is 28.8. The largest absolute Gasteiger partial charge is 0.456 e. The van der Waals surface area contributed by atoms with Gasteiger partial charge in [0.1, 0.15) is 11.2 Å². The summed E-state index contributed by atoms with van der Waals surface area (Å²) in [5.41, 5.74) is 13.2. The summed E-state index contributed by atoms with van der Waals surface area (Å²) in [5.74, 6) is 0.680. The molecule has 2 aromatic heterocycles. The van der Waals surface area contributed by atoms with Crippen molar-refractivity contribution in [1.29, 1.82) is 0 Å². The van der Waals surface area contributed by atoms with Crippen molar-refractivity contribution in [2.75, 3.05) is 0 Å². The van der Waals surface area contributed by atoms with Crippen LogP contribution in [0.3, 0.4) is 0 Å². The first-order valence-corrected chi connectivity index (χ1v) is 17.9. The highest BCUT2D eigenvalue weighted by molar-refractivity contribution is 6.12. The van der Waals surface area contributed by atoms with E-state index in [0.29, 0.717) is 5.82 Å². The van der Waals surface area contributed by atoms with Gasteiger partial charge in [0.05, 0.1) is 11.4 Å². The molecule has 0 amide bonds. The second kappa shape index (κ2) is 12.9. The van der Waals surface area contributed by atoms with E-state index in [1.165, 1.54) is 10.8 Å². The summed E-state index contributed by atoms with van der Waals surface area (Å²) in [6.07, 6.45) is 0. The lowest BCUT2D eigenvalue weighted by atomic mass is 9.92. The molecular weight excluding hydrogens is 645 g/mol. The van der Waals surface area contributed by atoms with Crippen LogP contribution in [0.4, 0.5) is 0 Å². The zero-order valence-electron chi connectivity index (χ0n) is 28.8. The van der Waals surface area contributed by atoms with Gasteiger partial charge in [-0.2, -0.15) is 0 Å². The van der Waals surface area contributed by atoms with Gasteiger partial charge in [-0.05, 0) is 80.6 Å². The van der Waals surface area contributed by atoms with Crippen LogP contribution < -0.4 is 0 Å². The van der Waals surface area contributed by atoms with Crippen LogP contribution in [0.25, 0.3) is 100.0 Å². The second-order valence-electron chi connectivity index (χ2n) is 13.3. The SMILES string of the molecule is c1ccc(-c2cc(-c3cc(-c4ccccc4)nc(-c4ccccc4-c4cccc5ccccc45)n3)cc(-c3cccc4oc5ccccc5c34)c2)cc1. The van der Waals surface area contributed by atoms with Crippen LogP contribution in [0.15, 0.2) is 199 Å². The Kier molecular flexibility index (Phi) is 7.47. The molecule has 0 unspecified atom stereocenters. The summed E-state index contributed by atoms with van der Waals surface area (Å²) in [4.78, 5) is 10.7. The molecule has 0 atom stereocenters. The molecule has 0 aliphatic heterocycles. The summed E-state index contributed by atoms with van der Waals surface area (Å²) in [6.45, 7) is 0. The quantitative estimate of drug-likeness (QED) is 0.176. The fraction of sp³-hybridized carbons (Fsp3) is 0. The van der Waals surface area contributed by atoms with Gasteiger partial charge in [0.25, 0.3) is 0 Å². The monoisotopic (exact) mass is 676 g/mol. The van der Waals surface area contributed by atoms with Crippen molar-refractivity contribution in [2.45, 2.75) is 0 Å². The van der Waals surface area contributed by atoms with Crippen molar-refractivity contribution < 1.29 is 4.42 Å². The maximum atomic E-state index is 6.33. The summed E-state index contributed by atoms with van der Waals surface area (Å²) in [5, 5.41) is 4.61. The van der Waals surface area contributed by atoms with E-state index in [1.54, 1.807) is 0 Å². The number of aromatic nitrogens is 2. The van der Waals surface area contributed by atoms with Crippen LogP contribution >= 0.6 is 0 Å². The molecule has 0 fully saturated rings. The van der Waals surface area contributed by atoms with Crippen LogP contribution in [-0.4, -0.2) is 9.97 Å². The molecule has 0 saturated heterocycles. The minimum absolute atomic E-state index is 0.680. The lowest BCUT2D eigenvalue weighted by Gasteiger charge is -2.15. The van der Waals surface area contributed by atoms with Gasteiger partial charge in [0, 0.05) is 27.5 Å². The summed E-state index contributed by atoms with van der Waals surface area (Å²) in [7, 11) is 0. The molecule has 0 radical (unpaired) electrons. The van der Waals surface area contributed by atoms with Gasteiger partial charge in [0.2, 0.25) is 0 Å². The fourth-order valence-electron chi connectivity index (χ4n) is 7.59. The van der Waals surface area contributed by atoms with E-state index in [1.807, 2.05) is 18.2 Å². The minimum atomic E-state index is 0.680. The van der Waals surface area contributed by atoms with E-state index in [9.17, 15) is 0 Å². The van der Waals surface area contributed by atoms with E-state index < -0.39 is 0 Å². The molecule has 10 rings (SSSR count). The average Bonchev–Trinajstić information content (AvgIpc) is 3.63. The highest BCUT2D eigenvalue weighted by atomic mass is 16.3. The van der Waals surface area contributed by atoms with Gasteiger partial charge in [-0.3, -0.25) is 0 Å². The molecule has 0 bridgehead atoms. The first kappa shape index (κ1) is 30.7. The van der Waals surface area contributed by atoms with Gasteiger partial charge < -0.3 is 4.42 Å². The van der Waals surface area contributed by atoms with Crippen molar-refractivity contribution in [3.8, 4) is 67.3 Å². The molecular formula is C50H32N2O. The molecule has 2 heterocycles. The summed E-state index contributed by atoms with van der Waals surface area (Å²) < 4.78 is 6.33. The van der Waals surface area contributed by atoms with Crippen LogP contribution in [0, 0.1) is 0 Å². The molecule has 0 aliphatic carbocycles. The lowest BCUT2D eigenvalue weighted by molar-refractivity contribution is 0.669. The Morgan fingerprint density at radius 3 is 1.70 bits per heavy atom. The van der Waals surface area contributed by atoms with Gasteiger partial charge in [0.15, 0.2) is 5.82 Å². The average molecular weight is 677 g/mol.